The number of hydrogen-bond acceptors (Lipinski definition) is 4. The molecule has 0 saturated carbocycles. The number of rotatable bonds is 2. The van der Waals surface area contributed by atoms with Gasteiger partial charge in [-0.15, -0.1) is 11.3 Å². The van der Waals surface area contributed by atoms with E-state index in [9.17, 15) is 0 Å². The molecule has 2 heterocycles. The second kappa shape index (κ2) is 4.39. The summed E-state index contributed by atoms with van der Waals surface area (Å²) in [5.41, 5.74) is 0.651. The molecule has 74 valence electrons. The first-order valence-electron chi connectivity index (χ1n) is 4.23. The van der Waals surface area contributed by atoms with Gasteiger partial charge < -0.3 is 0 Å². The number of nitriles is 1. The van der Waals surface area contributed by atoms with Crippen LogP contribution in [0.1, 0.15) is 16.5 Å². The number of thiophene rings is 1. The summed E-state index contributed by atoms with van der Waals surface area (Å²) in [5, 5.41) is 16.8. The number of aromatic nitrogens is 2. The zero-order chi connectivity index (χ0) is 10.7. The summed E-state index contributed by atoms with van der Waals surface area (Å²) in [6, 6.07) is 9.37. The SMILES string of the molecule is N#CC(c1cccnn1)c1ccc(Cl)s1. The molecule has 0 radical (unpaired) electrons. The van der Waals surface area contributed by atoms with Crippen molar-refractivity contribution in [3.63, 3.8) is 0 Å². The molecule has 5 heteroatoms. The summed E-state index contributed by atoms with van der Waals surface area (Å²) in [6.07, 6.45) is 1.58. The summed E-state index contributed by atoms with van der Waals surface area (Å²) >= 11 is 7.21. The number of halogens is 1. The zero-order valence-electron chi connectivity index (χ0n) is 7.59. The predicted molar refractivity (Wildman–Crippen MR) is 58.8 cm³/mol. The summed E-state index contributed by atoms with van der Waals surface area (Å²) in [4.78, 5) is 0.892. The standard InChI is InChI=1S/C10H6ClN3S/c11-10-4-3-9(15-10)7(6-12)8-2-1-5-13-14-8/h1-5,7H. The third kappa shape index (κ3) is 2.14. The lowest BCUT2D eigenvalue weighted by Crippen LogP contribution is -1.99. The summed E-state index contributed by atoms with van der Waals surface area (Å²) in [6.45, 7) is 0. The van der Waals surface area contributed by atoms with Gasteiger partial charge in [0.2, 0.25) is 0 Å². The highest BCUT2D eigenvalue weighted by molar-refractivity contribution is 7.16. The molecule has 2 rings (SSSR count). The monoisotopic (exact) mass is 235 g/mol. The number of nitrogens with zero attached hydrogens (tertiary/aromatic N) is 3. The van der Waals surface area contributed by atoms with E-state index in [1.807, 2.05) is 6.07 Å². The summed E-state index contributed by atoms with van der Waals surface area (Å²) < 4.78 is 0.675. The Balaban J connectivity index is 2.38. The minimum Gasteiger partial charge on any atom is -0.197 e. The number of hydrogen-bond donors (Lipinski definition) is 0. The van der Waals surface area contributed by atoms with Crippen LogP contribution in [0.3, 0.4) is 0 Å². The van der Waals surface area contributed by atoms with Gasteiger partial charge in [-0.3, -0.25) is 0 Å². The molecule has 0 aliphatic rings. The Hall–Kier alpha value is -1.44. The molecule has 0 saturated heterocycles. The first kappa shape index (κ1) is 10.1. The highest BCUT2D eigenvalue weighted by Gasteiger charge is 2.16. The molecule has 0 spiro atoms. The molecule has 15 heavy (non-hydrogen) atoms. The summed E-state index contributed by atoms with van der Waals surface area (Å²) in [5.74, 6) is -0.379. The van der Waals surface area contributed by atoms with E-state index < -0.39 is 0 Å². The molecule has 0 aromatic carbocycles. The van der Waals surface area contributed by atoms with E-state index in [2.05, 4.69) is 16.3 Å². The van der Waals surface area contributed by atoms with Crippen molar-refractivity contribution >= 4 is 22.9 Å². The van der Waals surface area contributed by atoms with Crippen molar-refractivity contribution < 1.29 is 0 Å². The van der Waals surface area contributed by atoms with Gasteiger partial charge in [-0.1, -0.05) is 11.6 Å². The Labute approximate surface area is 96.0 Å². The van der Waals surface area contributed by atoms with Crippen LogP contribution in [0.4, 0.5) is 0 Å². The zero-order valence-corrected chi connectivity index (χ0v) is 9.16. The van der Waals surface area contributed by atoms with Crippen molar-refractivity contribution in [2.75, 3.05) is 0 Å². The van der Waals surface area contributed by atoms with E-state index in [0.29, 0.717) is 10.0 Å². The van der Waals surface area contributed by atoms with Crippen molar-refractivity contribution in [2.45, 2.75) is 5.92 Å². The lowest BCUT2D eigenvalue weighted by Gasteiger charge is -2.03. The van der Waals surface area contributed by atoms with Gasteiger partial charge in [0.05, 0.1) is 16.1 Å². The Bertz CT molecular complexity index is 489. The Kier molecular flexibility index (Phi) is 2.95. The fourth-order valence-electron chi connectivity index (χ4n) is 1.23. The van der Waals surface area contributed by atoms with E-state index in [1.165, 1.54) is 11.3 Å². The summed E-state index contributed by atoms with van der Waals surface area (Å²) in [7, 11) is 0. The first-order chi connectivity index (χ1) is 7.31. The van der Waals surface area contributed by atoms with E-state index in [1.54, 1.807) is 24.4 Å². The molecule has 2 aromatic heterocycles. The van der Waals surface area contributed by atoms with Crippen molar-refractivity contribution in [2.24, 2.45) is 0 Å². The highest BCUT2D eigenvalue weighted by atomic mass is 35.5. The molecular formula is C10H6ClN3S. The molecule has 0 fully saturated rings. The van der Waals surface area contributed by atoms with E-state index in [0.717, 1.165) is 4.88 Å². The molecular weight excluding hydrogens is 230 g/mol. The first-order valence-corrected chi connectivity index (χ1v) is 5.43. The van der Waals surface area contributed by atoms with Crippen LogP contribution in [0.25, 0.3) is 0 Å². The average Bonchev–Trinajstić information content (AvgIpc) is 2.68. The fraction of sp³-hybridized carbons (Fsp3) is 0.100. The van der Waals surface area contributed by atoms with Gasteiger partial charge in [-0.05, 0) is 24.3 Å². The molecule has 2 aromatic rings. The Morgan fingerprint density at radius 2 is 2.27 bits per heavy atom. The Morgan fingerprint density at radius 3 is 2.80 bits per heavy atom. The normalized spacial score (nSPS) is 12.0. The van der Waals surface area contributed by atoms with Gasteiger partial charge in [0.25, 0.3) is 0 Å². The van der Waals surface area contributed by atoms with Crippen LogP contribution in [-0.4, -0.2) is 10.2 Å². The van der Waals surface area contributed by atoms with Gasteiger partial charge >= 0.3 is 0 Å². The third-order valence-electron chi connectivity index (χ3n) is 1.90. The van der Waals surface area contributed by atoms with Crippen molar-refractivity contribution in [1.29, 1.82) is 5.26 Å². The minimum atomic E-state index is -0.379. The maximum atomic E-state index is 9.09. The van der Waals surface area contributed by atoms with Crippen LogP contribution in [0.15, 0.2) is 30.5 Å². The van der Waals surface area contributed by atoms with Crippen LogP contribution in [0.5, 0.6) is 0 Å². The second-order valence-corrected chi connectivity index (χ2v) is 4.60. The van der Waals surface area contributed by atoms with Gasteiger partial charge in [0, 0.05) is 11.1 Å². The molecule has 0 N–H and O–H groups in total. The van der Waals surface area contributed by atoms with Crippen LogP contribution in [-0.2, 0) is 0 Å². The van der Waals surface area contributed by atoms with Crippen molar-refractivity contribution in [3.05, 3.63) is 45.4 Å². The molecule has 1 atom stereocenters. The van der Waals surface area contributed by atoms with E-state index in [-0.39, 0.29) is 5.92 Å². The average molecular weight is 236 g/mol. The van der Waals surface area contributed by atoms with Gasteiger partial charge in [-0.2, -0.15) is 15.5 Å². The Morgan fingerprint density at radius 1 is 1.40 bits per heavy atom. The van der Waals surface area contributed by atoms with Crippen LogP contribution in [0.2, 0.25) is 4.34 Å². The highest BCUT2D eigenvalue weighted by Crippen LogP contribution is 2.30. The largest absolute Gasteiger partial charge is 0.197 e. The molecule has 1 unspecified atom stereocenters. The minimum absolute atomic E-state index is 0.379. The van der Waals surface area contributed by atoms with Gasteiger partial charge in [-0.25, -0.2) is 0 Å². The smallest absolute Gasteiger partial charge is 0.124 e. The van der Waals surface area contributed by atoms with Crippen LogP contribution < -0.4 is 0 Å². The molecule has 0 amide bonds. The quantitative estimate of drug-likeness (QED) is 0.804. The van der Waals surface area contributed by atoms with Crippen molar-refractivity contribution in [1.82, 2.24) is 10.2 Å². The fourth-order valence-corrected chi connectivity index (χ4v) is 2.35. The molecule has 0 bridgehead atoms. The van der Waals surface area contributed by atoms with E-state index >= 15 is 0 Å². The predicted octanol–water partition coefficient (Wildman–Crippen LogP) is 2.85. The third-order valence-corrected chi connectivity index (χ3v) is 3.19. The van der Waals surface area contributed by atoms with Crippen LogP contribution >= 0.6 is 22.9 Å². The topological polar surface area (TPSA) is 49.6 Å². The lowest BCUT2D eigenvalue weighted by atomic mass is 10.1. The molecule has 0 aliphatic carbocycles. The van der Waals surface area contributed by atoms with Gasteiger partial charge in [0.1, 0.15) is 5.92 Å². The lowest BCUT2D eigenvalue weighted by molar-refractivity contribution is 0.895. The maximum Gasteiger partial charge on any atom is 0.124 e. The molecule has 3 nitrogen and oxygen atoms in total. The maximum absolute atomic E-state index is 9.09. The second-order valence-electron chi connectivity index (χ2n) is 2.85. The van der Waals surface area contributed by atoms with Crippen molar-refractivity contribution in [3.8, 4) is 6.07 Å². The molecule has 0 aliphatic heterocycles. The van der Waals surface area contributed by atoms with Crippen LogP contribution in [0, 0.1) is 11.3 Å². The van der Waals surface area contributed by atoms with E-state index in [4.69, 9.17) is 16.9 Å². The van der Waals surface area contributed by atoms with Gasteiger partial charge in [0.15, 0.2) is 0 Å².